The van der Waals surface area contributed by atoms with E-state index in [2.05, 4.69) is 11.6 Å². The van der Waals surface area contributed by atoms with Crippen molar-refractivity contribution in [2.75, 3.05) is 6.26 Å². The molecule has 3 aromatic rings. The van der Waals surface area contributed by atoms with Crippen molar-refractivity contribution in [1.29, 1.82) is 0 Å². The molecular weight excluding hydrogens is 426 g/mol. The van der Waals surface area contributed by atoms with Crippen molar-refractivity contribution in [3.63, 3.8) is 0 Å². The summed E-state index contributed by atoms with van der Waals surface area (Å²) in [7, 11) is -7.45. The minimum absolute atomic E-state index is 0.0306. The summed E-state index contributed by atoms with van der Waals surface area (Å²) in [5.74, 6) is 0. The maximum Gasteiger partial charge on any atom is 0.241 e. The average Bonchev–Trinajstić information content (AvgIpc) is 3.21. The fraction of sp³-hybridized carbons (Fsp3) is 0.238. The molecule has 1 aromatic heterocycles. The minimum atomic E-state index is -3.94. The molecule has 0 radical (unpaired) electrons. The first-order valence-corrected chi connectivity index (χ1v) is 13.4. The Morgan fingerprint density at radius 1 is 0.931 bits per heavy atom. The van der Waals surface area contributed by atoms with Gasteiger partial charge in [0.05, 0.1) is 15.8 Å². The molecule has 0 saturated carbocycles. The van der Waals surface area contributed by atoms with E-state index in [-0.39, 0.29) is 9.79 Å². The Morgan fingerprint density at radius 3 is 2.21 bits per heavy atom. The highest BCUT2D eigenvalue weighted by Crippen LogP contribution is 2.29. The van der Waals surface area contributed by atoms with Crippen LogP contribution in [0.5, 0.6) is 0 Å². The Morgan fingerprint density at radius 2 is 1.62 bits per heavy atom. The van der Waals surface area contributed by atoms with Crippen LogP contribution in [0.25, 0.3) is 0 Å². The van der Waals surface area contributed by atoms with Gasteiger partial charge in [0.1, 0.15) is 0 Å². The van der Waals surface area contributed by atoms with Crippen LogP contribution in [-0.2, 0) is 26.3 Å². The number of nitrogens with one attached hydrogen (secondary N) is 1. The molecule has 0 aliphatic carbocycles. The number of rotatable bonds is 8. The van der Waals surface area contributed by atoms with Gasteiger partial charge in [0, 0.05) is 11.1 Å². The van der Waals surface area contributed by atoms with E-state index in [1.807, 2.05) is 41.8 Å². The summed E-state index contributed by atoms with van der Waals surface area (Å²) in [6, 6.07) is 16.5. The van der Waals surface area contributed by atoms with Crippen molar-refractivity contribution < 1.29 is 16.8 Å². The molecule has 0 amide bonds. The van der Waals surface area contributed by atoms with Gasteiger partial charge < -0.3 is 0 Å². The largest absolute Gasteiger partial charge is 0.241 e. The lowest BCUT2D eigenvalue weighted by atomic mass is 10.0. The molecule has 8 heteroatoms. The molecular formula is C21H23NO4S3. The highest BCUT2D eigenvalue weighted by molar-refractivity contribution is 7.91. The van der Waals surface area contributed by atoms with Gasteiger partial charge in [0.25, 0.3) is 0 Å². The summed E-state index contributed by atoms with van der Waals surface area (Å²) in [6.07, 6.45) is 3.06. The molecule has 0 fully saturated rings. The summed E-state index contributed by atoms with van der Waals surface area (Å²) in [5.41, 5.74) is 2.03. The Bertz CT molecular complexity index is 1170. The molecule has 0 spiro atoms. The first-order chi connectivity index (χ1) is 13.7. The zero-order valence-corrected chi connectivity index (χ0v) is 18.6. The van der Waals surface area contributed by atoms with Crippen LogP contribution >= 0.6 is 11.3 Å². The number of thiophene rings is 1. The number of aryl methyl sites for hydroxylation is 1. The van der Waals surface area contributed by atoms with E-state index in [1.165, 1.54) is 41.2 Å². The lowest BCUT2D eigenvalue weighted by molar-refractivity contribution is 0.573. The predicted molar refractivity (Wildman–Crippen MR) is 116 cm³/mol. The molecule has 0 bridgehead atoms. The zero-order chi connectivity index (χ0) is 21.1. The maximum atomic E-state index is 13.1. The number of benzene rings is 2. The Hall–Kier alpha value is -2.00. The summed E-state index contributed by atoms with van der Waals surface area (Å²) >= 11 is 1.46. The second-order valence-electron chi connectivity index (χ2n) is 6.81. The molecule has 0 saturated heterocycles. The third-order valence-electron chi connectivity index (χ3n) is 4.50. The van der Waals surface area contributed by atoms with Gasteiger partial charge in [-0.3, -0.25) is 0 Å². The molecule has 1 atom stereocenters. The van der Waals surface area contributed by atoms with E-state index in [1.54, 1.807) is 0 Å². The molecule has 5 nitrogen and oxygen atoms in total. The van der Waals surface area contributed by atoms with Crippen molar-refractivity contribution in [2.45, 2.75) is 35.6 Å². The molecule has 29 heavy (non-hydrogen) atoms. The van der Waals surface area contributed by atoms with Crippen LogP contribution in [0.3, 0.4) is 0 Å². The molecule has 1 heterocycles. The lowest BCUT2D eigenvalue weighted by Gasteiger charge is -2.19. The SMILES string of the molecule is CCCc1ccc([C@@H](NS(=O)(=O)c2cccc(S(C)(=O)=O)c2)c2cccs2)cc1. The van der Waals surface area contributed by atoms with Gasteiger partial charge >= 0.3 is 0 Å². The van der Waals surface area contributed by atoms with Crippen molar-refractivity contribution in [2.24, 2.45) is 0 Å². The predicted octanol–water partition coefficient (Wildman–Crippen LogP) is 4.17. The third kappa shape index (κ3) is 5.33. The monoisotopic (exact) mass is 449 g/mol. The standard InChI is InChI=1S/C21H23NO4S3/c1-3-6-16-10-12-17(13-11-16)21(20-9-5-14-27-20)22-29(25,26)19-8-4-7-18(15-19)28(2,23)24/h4-5,7-15,21-22H,3,6H2,1-2H3/t21-/m1/s1. The molecule has 0 aliphatic rings. The third-order valence-corrected chi connectivity index (χ3v) is 7.96. The number of hydrogen-bond donors (Lipinski definition) is 1. The summed E-state index contributed by atoms with van der Waals surface area (Å²) in [4.78, 5) is 0.748. The van der Waals surface area contributed by atoms with E-state index < -0.39 is 25.9 Å². The van der Waals surface area contributed by atoms with Crippen LogP contribution in [-0.4, -0.2) is 23.1 Å². The van der Waals surface area contributed by atoms with Gasteiger partial charge in [-0.2, -0.15) is 4.72 Å². The fourth-order valence-corrected chi connectivity index (χ4v) is 5.87. The first kappa shape index (κ1) is 21.7. The second kappa shape index (κ2) is 8.79. The van der Waals surface area contributed by atoms with Crippen LogP contribution in [0, 0.1) is 0 Å². The van der Waals surface area contributed by atoms with Gasteiger partial charge in [-0.25, -0.2) is 16.8 Å². The van der Waals surface area contributed by atoms with Crippen molar-refractivity contribution in [1.82, 2.24) is 4.72 Å². The number of hydrogen-bond acceptors (Lipinski definition) is 5. The molecule has 0 aliphatic heterocycles. The molecule has 154 valence electrons. The Labute approximate surface area is 176 Å². The van der Waals surface area contributed by atoms with Crippen LogP contribution < -0.4 is 4.72 Å². The van der Waals surface area contributed by atoms with Crippen molar-refractivity contribution >= 4 is 31.2 Å². The Balaban J connectivity index is 1.98. The summed E-state index contributed by atoms with van der Waals surface area (Å²) in [6.45, 7) is 2.11. The fourth-order valence-electron chi connectivity index (χ4n) is 3.01. The quantitative estimate of drug-likeness (QED) is 0.560. The topological polar surface area (TPSA) is 80.3 Å². The second-order valence-corrected chi connectivity index (χ2v) is 11.5. The van der Waals surface area contributed by atoms with Gasteiger partial charge in [-0.05, 0) is 47.2 Å². The zero-order valence-electron chi connectivity index (χ0n) is 16.2. The van der Waals surface area contributed by atoms with Crippen LogP contribution in [0.1, 0.15) is 35.4 Å². The average molecular weight is 450 g/mol. The number of sulfone groups is 1. The minimum Gasteiger partial charge on any atom is -0.224 e. The van der Waals surface area contributed by atoms with Crippen molar-refractivity contribution in [3.8, 4) is 0 Å². The van der Waals surface area contributed by atoms with Crippen LogP contribution in [0.2, 0.25) is 0 Å². The van der Waals surface area contributed by atoms with Crippen LogP contribution in [0.4, 0.5) is 0 Å². The van der Waals surface area contributed by atoms with E-state index in [4.69, 9.17) is 0 Å². The van der Waals surface area contributed by atoms with E-state index in [0.717, 1.165) is 29.5 Å². The molecule has 0 unspecified atom stereocenters. The summed E-state index contributed by atoms with van der Waals surface area (Å²) in [5, 5.41) is 1.90. The molecule has 2 aromatic carbocycles. The smallest absolute Gasteiger partial charge is 0.224 e. The van der Waals surface area contributed by atoms with E-state index in [0.29, 0.717) is 0 Å². The summed E-state index contributed by atoms with van der Waals surface area (Å²) < 4.78 is 52.5. The molecule has 3 rings (SSSR count). The van der Waals surface area contributed by atoms with Gasteiger partial charge in [-0.1, -0.05) is 49.7 Å². The highest BCUT2D eigenvalue weighted by atomic mass is 32.2. The van der Waals surface area contributed by atoms with Gasteiger partial charge in [0.15, 0.2) is 9.84 Å². The van der Waals surface area contributed by atoms with E-state index >= 15 is 0 Å². The van der Waals surface area contributed by atoms with Crippen LogP contribution in [0.15, 0.2) is 75.8 Å². The van der Waals surface area contributed by atoms with E-state index in [9.17, 15) is 16.8 Å². The lowest BCUT2D eigenvalue weighted by Crippen LogP contribution is -2.29. The Kier molecular flexibility index (Phi) is 6.58. The number of sulfonamides is 1. The van der Waals surface area contributed by atoms with Gasteiger partial charge in [-0.15, -0.1) is 11.3 Å². The first-order valence-electron chi connectivity index (χ1n) is 9.15. The normalized spacial score (nSPS) is 13.3. The maximum absolute atomic E-state index is 13.1. The van der Waals surface area contributed by atoms with Crippen molar-refractivity contribution in [3.05, 3.63) is 82.0 Å². The highest BCUT2D eigenvalue weighted by Gasteiger charge is 2.24. The molecule has 1 N–H and O–H groups in total. The van der Waals surface area contributed by atoms with Gasteiger partial charge in [0.2, 0.25) is 10.0 Å².